The number of anilines is 2. The quantitative estimate of drug-likeness (QED) is 0.583. The number of carbonyl (C=O) groups is 1. The van der Waals surface area contributed by atoms with E-state index in [9.17, 15) is 13.2 Å². The summed E-state index contributed by atoms with van der Waals surface area (Å²) in [5.41, 5.74) is 2.60. The van der Waals surface area contributed by atoms with Gasteiger partial charge in [0.2, 0.25) is 5.91 Å². The first kappa shape index (κ1) is 22.1. The zero-order valence-corrected chi connectivity index (χ0v) is 19.9. The van der Waals surface area contributed by atoms with Crippen LogP contribution in [0.15, 0.2) is 46.7 Å². The molecule has 2 heterocycles. The summed E-state index contributed by atoms with van der Waals surface area (Å²) in [7, 11) is 0.816. The summed E-state index contributed by atoms with van der Waals surface area (Å²) in [4.78, 5) is 18.7. The van der Waals surface area contributed by atoms with E-state index in [4.69, 9.17) is 9.47 Å². The van der Waals surface area contributed by atoms with Gasteiger partial charge in [-0.1, -0.05) is 6.07 Å². The highest BCUT2D eigenvalue weighted by Crippen LogP contribution is 2.42. The highest BCUT2D eigenvalue weighted by Gasteiger charge is 2.42. The normalized spacial score (nSPS) is 14.9. The number of likely N-dealkylation sites (N-methyl/N-ethyl adjacent to an activating group) is 1. The molecule has 0 radical (unpaired) electrons. The van der Waals surface area contributed by atoms with Gasteiger partial charge in [0.15, 0.2) is 16.6 Å². The first-order valence-corrected chi connectivity index (χ1v) is 12.1. The fraction of sp³-hybridized carbons (Fsp3) is 0.273. The molecule has 8 nitrogen and oxygen atoms in total. The molecule has 3 aromatic rings. The fourth-order valence-corrected chi connectivity index (χ4v) is 5.73. The Labute approximate surface area is 190 Å². The molecule has 0 saturated heterocycles. The van der Waals surface area contributed by atoms with Gasteiger partial charge in [0, 0.05) is 29.7 Å². The van der Waals surface area contributed by atoms with Gasteiger partial charge in [0.05, 0.1) is 30.2 Å². The van der Waals surface area contributed by atoms with Gasteiger partial charge in [-0.05, 0) is 43.7 Å². The standard InChI is InChI=1S/C22H23N3O5S2/c1-22(2)15-10-13(6-8-17(15)25(3)20(22)26)16-12-31-21(23-16)24-32(27,28)14-7-9-18(29-4)19(11-14)30-5/h6-12H,1-5H3,(H,23,24). The van der Waals surface area contributed by atoms with Crippen molar-refractivity contribution in [1.29, 1.82) is 0 Å². The number of fused-ring (bicyclic) bond motifs is 1. The third-order valence-corrected chi connectivity index (χ3v) is 7.78. The molecule has 0 bridgehead atoms. The van der Waals surface area contributed by atoms with Gasteiger partial charge in [-0.3, -0.25) is 9.52 Å². The number of aromatic nitrogens is 1. The molecule has 0 unspecified atom stereocenters. The minimum atomic E-state index is -3.87. The Morgan fingerprint density at radius 2 is 1.78 bits per heavy atom. The first-order chi connectivity index (χ1) is 15.1. The Hall–Kier alpha value is -3.11. The molecular formula is C22H23N3O5S2. The van der Waals surface area contributed by atoms with Crippen LogP contribution in [0.2, 0.25) is 0 Å². The Morgan fingerprint density at radius 3 is 2.47 bits per heavy atom. The third kappa shape index (κ3) is 3.59. The van der Waals surface area contributed by atoms with Crippen LogP contribution in [-0.2, 0) is 20.2 Å². The number of carbonyl (C=O) groups excluding carboxylic acids is 1. The van der Waals surface area contributed by atoms with Gasteiger partial charge in [-0.2, -0.15) is 0 Å². The molecular weight excluding hydrogens is 450 g/mol. The van der Waals surface area contributed by atoms with E-state index in [1.165, 1.54) is 43.8 Å². The molecule has 168 valence electrons. The maximum Gasteiger partial charge on any atom is 0.263 e. The SMILES string of the molecule is COc1ccc(S(=O)(=O)Nc2nc(-c3ccc4c(c3)C(C)(C)C(=O)N4C)cs2)cc1OC. The minimum Gasteiger partial charge on any atom is -0.493 e. The summed E-state index contributed by atoms with van der Waals surface area (Å²) in [5.74, 6) is 0.786. The zero-order chi connectivity index (χ0) is 23.3. The van der Waals surface area contributed by atoms with Crippen LogP contribution in [0.5, 0.6) is 11.5 Å². The molecule has 4 rings (SSSR count). The molecule has 0 fully saturated rings. The highest BCUT2D eigenvalue weighted by molar-refractivity contribution is 7.93. The van der Waals surface area contributed by atoms with Crippen LogP contribution in [0.4, 0.5) is 10.8 Å². The number of methoxy groups -OCH3 is 2. The number of sulfonamides is 1. The zero-order valence-electron chi connectivity index (χ0n) is 18.3. The van der Waals surface area contributed by atoms with Gasteiger partial charge in [-0.25, -0.2) is 13.4 Å². The van der Waals surface area contributed by atoms with Gasteiger partial charge in [0.1, 0.15) is 0 Å². The Balaban J connectivity index is 1.62. The second-order valence-corrected chi connectivity index (χ2v) is 10.4. The van der Waals surface area contributed by atoms with E-state index in [0.29, 0.717) is 17.2 Å². The van der Waals surface area contributed by atoms with E-state index in [0.717, 1.165) is 16.8 Å². The number of hydrogen-bond acceptors (Lipinski definition) is 7. The largest absolute Gasteiger partial charge is 0.493 e. The summed E-state index contributed by atoms with van der Waals surface area (Å²) >= 11 is 1.18. The molecule has 0 atom stereocenters. The molecule has 0 spiro atoms. The minimum absolute atomic E-state index is 0.0336. The van der Waals surface area contributed by atoms with E-state index in [2.05, 4.69) is 9.71 Å². The van der Waals surface area contributed by atoms with Crippen LogP contribution in [0.3, 0.4) is 0 Å². The summed E-state index contributed by atoms with van der Waals surface area (Å²) in [6.45, 7) is 3.79. The molecule has 10 heteroatoms. The number of benzene rings is 2. The molecule has 0 saturated carbocycles. The fourth-order valence-electron chi connectivity index (χ4n) is 3.74. The molecule has 0 aliphatic carbocycles. The van der Waals surface area contributed by atoms with E-state index in [1.807, 2.05) is 32.0 Å². The Bertz CT molecular complexity index is 1310. The van der Waals surface area contributed by atoms with Crippen LogP contribution < -0.4 is 19.1 Å². The summed E-state index contributed by atoms with van der Waals surface area (Å²) < 4.78 is 38.6. The van der Waals surface area contributed by atoms with Crippen molar-refractivity contribution in [1.82, 2.24) is 4.98 Å². The van der Waals surface area contributed by atoms with E-state index < -0.39 is 15.4 Å². The molecule has 1 aromatic heterocycles. The predicted molar refractivity (Wildman–Crippen MR) is 124 cm³/mol. The van der Waals surface area contributed by atoms with Crippen molar-refractivity contribution in [3.05, 3.63) is 47.3 Å². The monoisotopic (exact) mass is 473 g/mol. The van der Waals surface area contributed by atoms with Crippen LogP contribution in [-0.4, -0.2) is 40.6 Å². The van der Waals surface area contributed by atoms with E-state index in [1.54, 1.807) is 17.3 Å². The number of thiazole rings is 1. The lowest BCUT2D eigenvalue weighted by atomic mass is 9.85. The smallest absolute Gasteiger partial charge is 0.263 e. The maximum absolute atomic E-state index is 12.8. The number of nitrogens with zero attached hydrogens (tertiary/aromatic N) is 2. The van der Waals surface area contributed by atoms with Crippen LogP contribution in [0.1, 0.15) is 19.4 Å². The van der Waals surface area contributed by atoms with Crippen molar-refractivity contribution in [3.8, 4) is 22.8 Å². The van der Waals surface area contributed by atoms with Crippen molar-refractivity contribution < 1.29 is 22.7 Å². The molecule has 2 aromatic carbocycles. The van der Waals surface area contributed by atoms with Crippen molar-refractivity contribution in [2.24, 2.45) is 0 Å². The number of nitrogens with one attached hydrogen (secondary N) is 1. The number of rotatable bonds is 6. The number of hydrogen-bond donors (Lipinski definition) is 1. The second kappa shape index (κ2) is 7.79. The lowest BCUT2D eigenvalue weighted by molar-refractivity contribution is -0.121. The molecule has 1 N–H and O–H groups in total. The van der Waals surface area contributed by atoms with Crippen molar-refractivity contribution in [2.75, 3.05) is 30.9 Å². The lowest BCUT2D eigenvalue weighted by Crippen LogP contribution is -2.33. The Kier molecular flexibility index (Phi) is 5.38. The van der Waals surface area contributed by atoms with Gasteiger partial charge in [0.25, 0.3) is 10.0 Å². The Morgan fingerprint density at radius 1 is 1.06 bits per heavy atom. The summed E-state index contributed by atoms with van der Waals surface area (Å²) in [6.07, 6.45) is 0. The average Bonchev–Trinajstić information content (AvgIpc) is 3.30. The molecule has 1 aliphatic heterocycles. The highest BCUT2D eigenvalue weighted by atomic mass is 32.2. The molecule has 1 amide bonds. The first-order valence-electron chi connectivity index (χ1n) is 9.72. The topological polar surface area (TPSA) is 97.8 Å². The lowest BCUT2D eigenvalue weighted by Gasteiger charge is -2.16. The van der Waals surface area contributed by atoms with Gasteiger partial charge < -0.3 is 14.4 Å². The predicted octanol–water partition coefficient (Wildman–Crippen LogP) is 3.88. The maximum atomic E-state index is 12.8. The van der Waals surface area contributed by atoms with E-state index >= 15 is 0 Å². The van der Waals surface area contributed by atoms with Crippen LogP contribution in [0.25, 0.3) is 11.3 Å². The second-order valence-electron chi connectivity index (χ2n) is 7.88. The van der Waals surface area contributed by atoms with Crippen molar-refractivity contribution in [3.63, 3.8) is 0 Å². The summed E-state index contributed by atoms with van der Waals surface area (Å²) in [5, 5.41) is 2.02. The van der Waals surface area contributed by atoms with Gasteiger partial charge >= 0.3 is 0 Å². The van der Waals surface area contributed by atoms with Crippen LogP contribution >= 0.6 is 11.3 Å². The van der Waals surface area contributed by atoms with Crippen LogP contribution in [0, 0.1) is 0 Å². The number of ether oxygens (including phenoxy) is 2. The van der Waals surface area contributed by atoms with Crippen molar-refractivity contribution >= 4 is 38.1 Å². The van der Waals surface area contributed by atoms with Crippen molar-refractivity contribution in [2.45, 2.75) is 24.2 Å². The van der Waals surface area contributed by atoms with E-state index in [-0.39, 0.29) is 15.9 Å². The number of amides is 1. The third-order valence-electron chi connectivity index (χ3n) is 5.56. The van der Waals surface area contributed by atoms with Gasteiger partial charge in [-0.15, -0.1) is 11.3 Å². The summed E-state index contributed by atoms with van der Waals surface area (Å²) in [6, 6.07) is 10.1. The molecule has 32 heavy (non-hydrogen) atoms. The molecule has 1 aliphatic rings. The average molecular weight is 474 g/mol.